The minimum Gasteiger partial charge on any atom is -0.355 e. The van der Waals surface area contributed by atoms with Gasteiger partial charge in [0.05, 0.1) is 16.4 Å². The lowest BCUT2D eigenvalue weighted by molar-refractivity contribution is 0.771. The molecule has 4 rings (SSSR count). The van der Waals surface area contributed by atoms with E-state index < -0.39 is 0 Å². The van der Waals surface area contributed by atoms with Gasteiger partial charge in [-0.2, -0.15) is 0 Å². The molecule has 0 N–H and O–H groups in total. The van der Waals surface area contributed by atoms with Gasteiger partial charge in [0, 0.05) is 23.9 Å². The summed E-state index contributed by atoms with van der Waals surface area (Å²) in [6.07, 6.45) is 2.39. The first-order valence-corrected chi connectivity index (χ1v) is 8.97. The number of benzene rings is 2. The maximum Gasteiger partial charge on any atom is 0.109 e. The largest absolute Gasteiger partial charge is 0.355 e. The average Bonchev–Trinajstić information content (AvgIpc) is 2.96. The molecule has 2 aromatic carbocycles. The highest BCUT2D eigenvalue weighted by molar-refractivity contribution is 8.04. The molecule has 2 aliphatic rings. The number of fused-ring (bicyclic) bond motifs is 2. The number of anilines is 2. The topological polar surface area (TPSA) is 6.48 Å². The van der Waals surface area contributed by atoms with Gasteiger partial charge in [0.25, 0.3) is 0 Å². The molecule has 0 saturated carbocycles. The molecule has 0 amide bonds. The van der Waals surface area contributed by atoms with Gasteiger partial charge in [-0.15, -0.1) is 0 Å². The van der Waals surface area contributed by atoms with E-state index in [0.717, 1.165) is 0 Å². The van der Waals surface area contributed by atoms with Crippen LogP contribution in [0.25, 0.3) is 0 Å². The normalized spacial score (nSPS) is 24.8. The fourth-order valence-corrected chi connectivity index (χ4v) is 5.54. The number of hydrogen-bond donors (Lipinski definition) is 0. The second-order valence-corrected chi connectivity index (χ2v) is 8.33. The summed E-state index contributed by atoms with van der Waals surface area (Å²) < 4.78 is 0. The molecule has 22 heavy (non-hydrogen) atoms. The van der Waals surface area contributed by atoms with Crippen LogP contribution < -0.4 is 9.80 Å². The van der Waals surface area contributed by atoms with Crippen LogP contribution in [-0.4, -0.2) is 19.0 Å². The molecule has 0 fully saturated rings. The van der Waals surface area contributed by atoms with Gasteiger partial charge in [-0.1, -0.05) is 47.8 Å². The number of likely N-dealkylation sites (N-methyl/N-ethyl adjacent to an activating group) is 1. The van der Waals surface area contributed by atoms with E-state index >= 15 is 0 Å². The molecule has 2 aliphatic heterocycles. The monoisotopic (exact) mass is 326 g/mol. The predicted octanol–water partition coefficient (Wildman–Crippen LogP) is 5.03. The van der Waals surface area contributed by atoms with Gasteiger partial charge in [0.2, 0.25) is 0 Å². The highest BCUT2D eigenvalue weighted by Gasteiger charge is 2.38. The number of thioether (sulfide) groups is 2. The van der Waals surface area contributed by atoms with Gasteiger partial charge in [0.15, 0.2) is 0 Å². The van der Waals surface area contributed by atoms with Crippen LogP contribution in [0.1, 0.15) is 6.92 Å². The molecule has 1 atom stereocenters. The zero-order valence-corrected chi connectivity index (χ0v) is 14.5. The van der Waals surface area contributed by atoms with E-state index in [1.165, 1.54) is 26.2 Å². The molecular formula is C18H18N2S2. The number of para-hydroxylation sites is 2. The maximum atomic E-state index is 2.39. The van der Waals surface area contributed by atoms with Crippen LogP contribution in [0.4, 0.5) is 11.4 Å². The third-order valence-electron chi connectivity index (χ3n) is 4.37. The fourth-order valence-electron chi connectivity index (χ4n) is 2.95. The molecule has 1 unspecified atom stereocenters. The highest BCUT2D eigenvalue weighted by atomic mass is 32.2. The number of rotatable bonds is 1. The first-order valence-electron chi connectivity index (χ1n) is 7.34. The predicted molar refractivity (Wildman–Crippen MR) is 97.9 cm³/mol. The molecule has 2 heterocycles. The fraction of sp³-hybridized carbons (Fsp3) is 0.222. The molecule has 0 bridgehead atoms. The summed E-state index contributed by atoms with van der Waals surface area (Å²) in [7, 11) is 4.34. The second kappa shape index (κ2) is 5.00. The Hall–Kier alpha value is -1.52. The maximum absolute atomic E-state index is 2.39. The molecular weight excluding hydrogens is 308 g/mol. The van der Waals surface area contributed by atoms with Crippen LogP contribution in [0.3, 0.4) is 0 Å². The number of nitrogens with zero attached hydrogens (tertiary/aromatic N) is 2. The molecule has 112 valence electrons. The summed E-state index contributed by atoms with van der Waals surface area (Å²) in [4.78, 5) is 7.30. The molecule has 0 aromatic heterocycles. The summed E-state index contributed by atoms with van der Waals surface area (Å²) in [6, 6.07) is 17.2. The van der Waals surface area contributed by atoms with E-state index in [1.54, 1.807) is 0 Å². The third-order valence-corrected chi connectivity index (χ3v) is 6.91. The van der Waals surface area contributed by atoms with Crippen molar-refractivity contribution >= 4 is 34.9 Å². The van der Waals surface area contributed by atoms with E-state index in [1.807, 2.05) is 23.5 Å². The Morgan fingerprint density at radius 1 is 0.909 bits per heavy atom. The van der Waals surface area contributed by atoms with Crippen molar-refractivity contribution in [2.24, 2.45) is 0 Å². The summed E-state index contributed by atoms with van der Waals surface area (Å²) >= 11 is 3.78. The highest BCUT2D eigenvalue weighted by Crippen LogP contribution is 2.53. The molecule has 0 aliphatic carbocycles. The van der Waals surface area contributed by atoms with Crippen LogP contribution in [0.15, 0.2) is 69.4 Å². The molecule has 4 heteroatoms. The average molecular weight is 326 g/mol. The van der Waals surface area contributed by atoms with Crippen LogP contribution in [0, 0.1) is 0 Å². The van der Waals surface area contributed by atoms with E-state index in [2.05, 4.69) is 85.4 Å². The third kappa shape index (κ3) is 2.05. The van der Waals surface area contributed by atoms with Crippen LogP contribution in [0.5, 0.6) is 0 Å². The van der Waals surface area contributed by atoms with E-state index in [4.69, 9.17) is 0 Å². The van der Waals surface area contributed by atoms with Crippen LogP contribution in [-0.2, 0) is 0 Å². The van der Waals surface area contributed by atoms with Gasteiger partial charge < -0.3 is 9.80 Å². The Morgan fingerprint density at radius 2 is 1.55 bits per heavy atom. The Bertz CT molecular complexity index is 771. The molecule has 0 saturated heterocycles. The van der Waals surface area contributed by atoms with Crippen LogP contribution in [0.2, 0.25) is 0 Å². The molecule has 0 radical (unpaired) electrons. The van der Waals surface area contributed by atoms with Crippen molar-refractivity contribution in [3.63, 3.8) is 0 Å². The summed E-state index contributed by atoms with van der Waals surface area (Å²) in [5.41, 5.74) is 2.61. The van der Waals surface area contributed by atoms with Crippen molar-refractivity contribution < 1.29 is 0 Å². The SMILES string of the molecule is CN1/C(=C\C2(C)Sc3ccccc3N2C)Sc2ccccc21. The standard InChI is InChI=1S/C18H18N2S2/c1-18(20(3)14-9-5-7-11-16(14)22-18)12-17-19(2)13-8-4-6-10-15(13)21-17/h4-12H,1-3H3/b17-12+. The summed E-state index contributed by atoms with van der Waals surface area (Å²) in [5.74, 6) is 0. The van der Waals surface area contributed by atoms with Gasteiger partial charge in [-0.05, 0) is 37.3 Å². The zero-order chi connectivity index (χ0) is 15.3. The number of hydrogen-bond acceptors (Lipinski definition) is 4. The summed E-state index contributed by atoms with van der Waals surface area (Å²) in [5, 5.41) is 1.30. The van der Waals surface area contributed by atoms with E-state index in [9.17, 15) is 0 Å². The lowest BCUT2D eigenvalue weighted by Crippen LogP contribution is -2.36. The Labute approximate surface area is 140 Å². The van der Waals surface area contributed by atoms with Gasteiger partial charge >= 0.3 is 0 Å². The van der Waals surface area contributed by atoms with Gasteiger partial charge in [-0.3, -0.25) is 0 Å². The lowest BCUT2D eigenvalue weighted by atomic mass is 10.2. The second-order valence-electron chi connectivity index (χ2n) is 5.79. The van der Waals surface area contributed by atoms with Crippen molar-refractivity contribution in [3.8, 4) is 0 Å². The van der Waals surface area contributed by atoms with Gasteiger partial charge in [0.1, 0.15) is 4.87 Å². The Balaban J connectivity index is 1.70. The van der Waals surface area contributed by atoms with Crippen molar-refractivity contribution in [1.29, 1.82) is 0 Å². The molecule has 2 nitrogen and oxygen atoms in total. The quantitative estimate of drug-likeness (QED) is 0.725. The minimum absolute atomic E-state index is 0.0533. The Morgan fingerprint density at radius 3 is 2.23 bits per heavy atom. The zero-order valence-electron chi connectivity index (χ0n) is 12.9. The first-order chi connectivity index (χ1) is 10.6. The van der Waals surface area contributed by atoms with Crippen molar-refractivity contribution in [2.75, 3.05) is 23.9 Å². The smallest absolute Gasteiger partial charge is 0.109 e. The van der Waals surface area contributed by atoms with E-state index in [0.29, 0.717) is 0 Å². The lowest BCUT2D eigenvalue weighted by Gasteiger charge is -2.31. The Kier molecular flexibility index (Phi) is 3.20. The molecule has 0 spiro atoms. The van der Waals surface area contributed by atoms with E-state index in [-0.39, 0.29) is 4.87 Å². The molecule has 2 aromatic rings. The van der Waals surface area contributed by atoms with Crippen LogP contribution >= 0.6 is 23.5 Å². The van der Waals surface area contributed by atoms with Crippen molar-refractivity contribution in [3.05, 3.63) is 59.6 Å². The van der Waals surface area contributed by atoms with Crippen molar-refractivity contribution in [1.82, 2.24) is 0 Å². The van der Waals surface area contributed by atoms with Crippen molar-refractivity contribution in [2.45, 2.75) is 21.6 Å². The van der Waals surface area contributed by atoms with Gasteiger partial charge in [-0.25, -0.2) is 0 Å². The minimum atomic E-state index is -0.0533. The summed E-state index contributed by atoms with van der Waals surface area (Å²) in [6.45, 7) is 2.29. The first kappa shape index (κ1) is 14.1.